The first-order chi connectivity index (χ1) is 15.0. The number of benzene rings is 1. The molecule has 10 heteroatoms. The molecule has 32 heavy (non-hydrogen) atoms. The molecule has 0 atom stereocenters. The zero-order valence-corrected chi connectivity index (χ0v) is 17.7. The Bertz CT molecular complexity index is 1220. The fourth-order valence-electron chi connectivity index (χ4n) is 3.81. The maximum absolute atomic E-state index is 12.6. The van der Waals surface area contributed by atoms with Crippen LogP contribution >= 0.6 is 0 Å². The second-order valence-electron chi connectivity index (χ2n) is 7.68. The smallest absolute Gasteiger partial charge is 0.332 e. The van der Waals surface area contributed by atoms with Crippen molar-refractivity contribution in [2.45, 2.75) is 27.1 Å². The molecule has 0 bridgehead atoms. The van der Waals surface area contributed by atoms with Gasteiger partial charge in [-0.1, -0.05) is 31.7 Å². The topological polar surface area (TPSA) is 103 Å². The summed E-state index contributed by atoms with van der Waals surface area (Å²) in [5, 5.41) is 2.93. The number of carbonyl (C=O) groups excluding carboxylic acids is 1. The van der Waals surface area contributed by atoms with Gasteiger partial charge in [0.15, 0.2) is 11.2 Å². The Labute approximate surface area is 186 Å². The highest BCUT2D eigenvalue weighted by atomic mass is 16.5. The van der Waals surface area contributed by atoms with Crippen molar-refractivity contribution < 1.29 is 9.53 Å². The van der Waals surface area contributed by atoms with E-state index in [1.807, 2.05) is 18.2 Å². The molecule has 0 saturated carbocycles. The maximum atomic E-state index is 12.6. The lowest BCUT2D eigenvalue weighted by molar-refractivity contribution is -0.121. The van der Waals surface area contributed by atoms with Gasteiger partial charge in [-0.25, -0.2) is 9.78 Å². The van der Waals surface area contributed by atoms with Crippen LogP contribution in [0.1, 0.15) is 18.6 Å². The minimum Gasteiger partial charge on any atom is -0.379 e. The number of morpholine rings is 1. The fourth-order valence-corrected chi connectivity index (χ4v) is 3.81. The number of hydrogen-bond acceptors (Lipinski definition) is 6. The van der Waals surface area contributed by atoms with E-state index in [2.05, 4.69) is 21.3 Å². The summed E-state index contributed by atoms with van der Waals surface area (Å²) in [5.74, 6) is -0.239. The van der Waals surface area contributed by atoms with Crippen molar-refractivity contribution in [3.63, 3.8) is 0 Å². The van der Waals surface area contributed by atoms with E-state index in [4.69, 9.17) is 4.74 Å². The van der Waals surface area contributed by atoms with Gasteiger partial charge < -0.3 is 14.6 Å². The van der Waals surface area contributed by atoms with Crippen molar-refractivity contribution in [1.29, 1.82) is 0 Å². The molecule has 0 radical (unpaired) electrons. The molecule has 3 heterocycles. The van der Waals surface area contributed by atoms with E-state index in [0.717, 1.165) is 43.0 Å². The van der Waals surface area contributed by atoms with Gasteiger partial charge in [-0.15, -0.1) is 0 Å². The van der Waals surface area contributed by atoms with Crippen LogP contribution in [0.3, 0.4) is 0 Å². The van der Waals surface area contributed by atoms with E-state index >= 15 is 0 Å². The van der Waals surface area contributed by atoms with Crippen LogP contribution < -0.4 is 16.6 Å². The van der Waals surface area contributed by atoms with E-state index in [0.29, 0.717) is 6.54 Å². The quantitative estimate of drug-likeness (QED) is 0.586. The van der Waals surface area contributed by atoms with Gasteiger partial charge in [0.25, 0.3) is 5.56 Å². The largest absolute Gasteiger partial charge is 0.379 e. The third-order valence-electron chi connectivity index (χ3n) is 5.62. The van der Waals surface area contributed by atoms with Gasteiger partial charge in [-0.05, 0) is 11.1 Å². The number of rotatable bonds is 6. The van der Waals surface area contributed by atoms with Crippen molar-refractivity contribution in [1.82, 2.24) is 28.9 Å². The predicted molar refractivity (Wildman–Crippen MR) is 121 cm³/mol. The van der Waals surface area contributed by atoms with Gasteiger partial charge >= 0.3 is 5.69 Å². The zero-order chi connectivity index (χ0) is 22.0. The molecule has 0 aliphatic carbocycles. The number of ether oxygens (including phenoxy) is 1. The predicted octanol–water partition coefficient (Wildman–Crippen LogP) is 0.218. The summed E-state index contributed by atoms with van der Waals surface area (Å²) >= 11 is 0. The van der Waals surface area contributed by atoms with Crippen molar-refractivity contribution in [3.8, 4) is 0 Å². The van der Waals surface area contributed by atoms with Crippen LogP contribution in [-0.4, -0.2) is 55.8 Å². The molecule has 0 unspecified atom stereocenters. The van der Waals surface area contributed by atoms with Crippen LogP contribution in [0.15, 0.2) is 40.2 Å². The number of nitrogens with one attached hydrogen (secondary N) is 1. The number of amides is 1. The van der Waals surface area contributed by atoms with Crippen LogP contribution in [-0.2, 0) is 43.3 Å². The van der Waals surface area contributed by atoms with Crippen LogP contribution in [0.2, 0.25) is 0 Å². The third kappa shape index (κ3) is 4.66. The van der Waals surface area contributed by atoms with Gasteiger partial charge in [0.2, 0.25) is 5.91 Å². The highest BCUT2D eigenvalue weighted by molar-refractivity contribution is 5.78. The Hall–Kier alpha value is -3.24. The second kappa shape index (κ2) is 9.92. The van der Waals surface area contributed by atoms with Gasteiger partial charge in [-0.3, -0.25) is 23.6 Å². The Morgan fingerprint density at radius 2 is 1.78 bits per heavy atom. The maximum Gasteiger partial charge on any atom is 0.332 e. The van der Waals surface area contributed by atoms with Crippen molar-refractivity contribution in [2.75, 3.05) is 26.3 Å². The normalized spacial score (nSPS) is 14.3. The molecule has 1 aliphatic heterocycles. The number of carbonyl (C=O) groups is 1. The van der Waals surface area contributed by atoms with Crippen LogP contribution in [0.4, 0.5) is 0 Å². The number of hydrogen-bond donors (Lipinski definition) is 1. The molecule has 2 aromatic heterocycles. The van der Waals surface area contributed by atoms with Gasteiger partial charge in [0.05, 0.1) is 19.5 Å². The summed E-state index contributed by atoms with van der Waals surface area (Å²) < 4.78 is 9.20. The molecule has 10 nitrogen and oxygen atoms in total. The number of fused-ring (bicyclic) bond motifs is 1. The van der Waals surface area contributed by atoms with Crippen molar-refractivity contribution in [2.24, 2.45) is 14.1 Å². The minimum absolute atomic E-state index is 0. The number of aryl methyl sites for hydroxylation is 1. The molecule has 1 N–H and O–H groups in total. The second-order valence-corrected chi connectivity index (χ2v) is 7.68. The average molecular weight is 443 g/mol. The molecular formula is C22H30N6O4. The average Bonchev–Trinajstić information content (AvgIpc) is 3.20. The molecule has 1 aliphatic rings. The Morgan fingerprint density at radius 3 is 2.50 bits per heavy atom. The summed E-state index contributed by atoms with van der Waals surface area (Å²) in [4.78, 5) is 43.7. The van der Waals surface area contributed by atoms with E-state index in [1.165, 1.54) is 28.1 Å². The first-order valence-corrected chi connectivity index (χ1v) is 10.2. The molecular weight excluding hydrogens is 412 g/mol. The van der Waals surface area contributed by atoms with E-state index < -0.39 is 11.2 Å². The monoisotopic (exact) mass is 442 g/mol. The molecule has 0 spiro atoms. The number of aromatic nitrogens is 4. The molecule has 1 fully saturated rings. The lowest BCUT2D eigenvalue weighted by Gasteiger charge is -2.27. The summed E-state index contributed by atoms with van der Waals surface area (Å²) in [7, 11) is 2.96. The van der Waals surface area contributed by atoms with Gasteiger partial charge in [0.1, 0.15) is 6.54 Å². The van der Waals surface area contributed by atoms with Crippen LogP contribution in [0.5, 0.6) is 0 Å². The Balaban J connectivity index is 0.00000289. The van der Waals surface area contributed by atoms with E-state index in [9.17, 15) is 14.4 Å². The zero-order valence-electron chi connectivity index (χ0n) is 17.7. The summed E-state index contributed by atoms with van der Waals surface area (Å²) in [6, 6.07) is 8.04. The Morgan fingerprint density at radius 1 is 1.09 bits per heavy atom. The fraction of sp³-hybridized carbons (Fsp3) is 0.455. The SMILES string of the molecule is C.Cn1c(=O)c2c(ncn2CC(=O)NCc2ccccc2CN2CCOCC2)n(C)c1=O. The molecule has 1 saturated heterocycles. The summed E-state index contributed by atoms with van der Waals surface area (Å²) in [6.07, 6.45) is 1.41. The van der Waals surface area contributed by atoms with Gasteiger partial charge in [-0.2, -0.15) is 0 Å². The molecule has 3 aromatic rings. The van der Waals surface area contributed by atoms with Crippen molar-refractivity contribution >= 4 is 17.1 Å². The third-order valence-corrected chi connectivity index (χ3v) is 5.62. The summed E-state index contributed by atoms with van der Waals surface area (Å²) in [5.41, 5.74) is 1.78. The first-order valence-electron chi connectivity index (χ1n) is 10.2. The molecule has 1 aromatic carbocycles. The van der Waals surface area contributed by atoms with Crippen molar-refractivity contribution in [3.05, 3.63) is 62.6 Å². The highest BCUT2D eigenvalue weighted by Crippen LogP contribution is 2.13. The van der Waals surface area contributed by atoms with E-state index in [1.54, 1.807) is 7.05 Å². The number of imidazole rings is 1. The van der Waals surface area contributed by atoms with Gasteiger partial charge in [0, 0.05) is 40.3 Å². The first kappa shape index (κ1) is 23.4. The minimum atomic E-state index is -0.473. The van der Waals surface area contributed by atoms with Crippen LogP contribution in [0, 0.1) is 0 Å². The summed E-state index contributed by atoms with van der Waals surface area (Å²) in [6.45, 7) is 4.41. The molecule has 4 rings (SSSR count). The number of nitrogens with zero attached hydrogens (tertiary/aromatic N) is 5. The highest BCUT2D eigenvalue weighted by Gasteiger charge is 2.17. The lowest BCUT2D eigenvalue weighted by Crippen LogP contribution is -2.38. The molecule has 172 valence electrons. The molecule has 1 amide bonds. The lowest BCUT2D eigenvalue weighted by atomic mass is 10.1. The van der Waals surface area contributed by atoms with E-state index in [-0.39, 0.29) is 31.0 Å². The Kier molecular flexibility index (Phi) is 7.26. The van der Waals surface area contributed by atoms with Crippen LogP contribution in [0.25, 0.3) is 11.2 Å². The standard InChI is InChI=1S/C21H26N6O4.CH4/c1-24-19-18(20(29)25(2)21(24)30)27(14-23-19)13-17(28)22-11-15-5-3-4-6-16(15)12-26-7-9-31-10-8-26;/h3-6,14H,7-13H2,1-2H3,(H,22,28);1H4.